The molecular formula is C21H28N2O. The minimum Gasteiger partial charge on any atom is -0.494 e. The number of para-hydroxylation sites is 1. The minimum atomic E-state index is 0.425. The zero-order valence-electron chi connectivity index (χ0n) is 15.5. The number of ether oxygens (including phenoxy) is 1. The zero-order chi connectivity index (χ0) is 17.1. The highest BCUT2D eigenvalue weighted by Gasteiger charge is 2.49. The summed E-state index contributed by atoms with van der Waals surface area (Å²) in [7, 11) is 1.73. The number of benzene rings is 1. The van der Waals surface area contributed by atoms with Crippen molar-refractivity contribution in [1.82, 2.24) is 4.98 Å². The molecule has 1 aromatic heterocycles. The van der Waals surface area contributed by atoms with Crippen LogP contribution in [0, 0.1) is 17.8 Å². The number of aromatic nitrogens is 1. The molecule has 1 aliphatic heterocycles. The summed E-state index contributed by atoms with van der Waals surface area (Å²) in [5.41, 5.74) is 4.24. The zero-order valence-corrected chi connectivity index (χ0v) is 15.5. The Hall–Kier alpha value is -1.77. The van der Waals surface area contributed by atoms with E-state index in [4.69, 9.17) is 9.72 Å². The average molecular weight is 324 g/mol. The Morgan fingerprint density at radius 3 is 2.75 bits per heavy atom. The molecule has 3 heteroatoms. The fourth-order valence-corrected chi connectivity index (χ4v) is 5.47. The maximum absolute atomic E-state index is 5.56. The number of pyridine rings is 1. The molecule has 2 atom stereocenters. The lowest BCUT2D eigenvalue weighted by atomic mass is 9.65. The van der Waals surface area contributed by atoms with Gasteiger partial charge in [-0.1, -0.05) is 32.9 Å². The molecule has 0 N–H and O–H groups in total. The lowest BCUT2D eigenvalue weighted by molar-refractivity contribution is 0.136. The molecule has 3 nitrogen and oxygen atoms in total. The van der Waals surface area contributed by atoms with Crippen molar-refractivity contribution in [2.75, 3.05) is 18.6 Å². The van der Waals surface area contributed by atoms with Gasteiger partial charge in [-0.05, 0) is 49.1 Å². The van der Waals surface area contributed by atoms with Crippen molar-refractivity contribution in [1.29, 1.82) is 0 Å². The normalized spacial score (nSPS) is 28.4. The van der Waals surface area contributed by atoms with Crippen molar-refractivity contribution in [3.8, 4) is 5.75 Å². The molecule has 0 radical (unpaired) electrons. The van der Waals surface area contributed by atoms with Crippen LogP contribution in [0.3, 0.4) is 0 Å². The number of rotatable bonds is 2. The van der Waals surface area contributed by atoms with E-state index in [-0.39, 0.29) is 0 Å². The number of anilines is 1. The summed E-state index contributed by atoms with van der Waals surface area (Å²) in [6.45, 7) is 10.6. The van der Waals surface area contributed by atoms with Crippen LogP contribution in [0.1, 0.15) is 45.7 Å². The molecule has 1 aromatic carbocycles. The van der Waals surface area contributed by atoms with E-state index in [1.54, 1.807) is 7.11 Å². The Bertz CT molecular complexity index is 798. The highest BCUT2D eigenvalue weighted by atomic mass is 16.5. The van der Waals surface area contributed by atoms with E-state index in [1.165, 1.54) is 30.3 Å². The van der Waals surface area contributed by atoms with Gasteiger partial charge in [0.25, 0.3) is 0 Å². The predicted molar refractivity (Wildman–Crippen MR) is 99.9 cm³/mol. The molecule has 2 unspecified atom stereocenters. The third kappa shape index (κ3) is 2.45. The Kier molecular flexibility index (Phi) is 3.35. The molecule has 1 aliphatic carbocycles. The van der Waals surface area contributed by atoms with E-state index in [1.807, 2.05) is 6.07 Å². The van der Waals surface area contributed by atoms with Crippen LogP contribution >= 0.6 is 0 Å². The van der Waals surface area contributed by atoms with Crippen LogP contribution in [0.25, 0.3) is 10.9 Å². The van der Waals surface area contributed by atoms with Crippen LogP contribution in [0.5, 0.6) is 5.75 Å². The molecule has 128 valence electrons. The number of hydrogen-bond donors (Lipinski definition) is 0. The van der Waals surface area contributed by atoms with Crippen LogP contribution in [-0.4, -0.2) is 24.7 Å². The summed E-state index contributed by atoms with van der Waals surface area (Å²) >= 11 is 0. The molecule has 4 rings (SSSR count). The molecule has 24 heavy (non-hydrogen) atoms. The largest absolute Gasteiger partial charge is 0.494 e. The number of nitrogens with zero attached hydrogens (tertiary/aromatic N) is 2. The average Bonchev–Trinajstić information content (AvgIpc) is 2.74. The molecule has 2 fully saturated rings. The standard InChI is InChI=1S/C21H28N2O/c1-14-9-17(16-7-6-8-18(24-5)19(16)22-14)23-13-21(4)11-15(23)10-20(2,3)12-21/h6-9,15H,10-13H2,1-5H3. The van der Waals surface area contributed by atoms with Crippen molar-refractivity contribution in [3.05, 3.63) is 30.0 Å². The highest BCUT2D eigenvalue weighted by Crippen LogP contribution is 2.54. The van der Waals surface area contributed by atoms with Crippen LogP contribution in [0.15, 0.2) is 24.3 Å². The van der Waals surface area contributed by atoms with Crippen molar-refractivity contribution in [2.45, 2.75) is 53.0 Å². The second kappa shape index (κ2) is 5.11. The third-order valence-corrected chi connectivity index (χ3v) is 5.85. The quantitative estimate of drug-likeness (QED) is 0.781. The SMILES string of the molecule is COc1cccc2c(N3CC4(C)CC3CC(C)(C)C4)cc(C)nc12. The van der Waals surface area contributed by atoms with Gasteiger partial charge < -0.3 is 9.64 Å². The Labute approximate surface area is 145 Å². The van der Waals surface area contributed by atoms with Crippen LogP contribution in [-0.2, 0) is 0 Å². The molecule has 0 amide bonds. The van der Waals surface area contributed by atoms with Gasteiger partial charge in [0, 0.05) is 29.4 Å². The molecular weight excluding hydrogens is 296 g/mol. The van der Waals surface area contributed by atoms with Crippen molar-refractivity contribution >= 4 is 16.6 Å². The van der Waals surface area contributed by atoms with E-state index in [9.17, 15) is 0 Å². The monoisotopic (exact) mass is 324 g/mol. The highest BCUT2D eigenvalue weighted by molar-refractivity contribution is 5.95. The Morgan fingerprint density at radius 1 is 1.21 bits per heavy atom. The van der Waals surface area contributed by atoms with Gasteiger partial charge in [0.1, 0.15) is 11.3 Å². The van der Waals surface area contributed by atoms with E-state index in [2.05, 4.69) is 50.8 Å². The number of fused-ring (bicyclic) bond motifs is 3. The Balaban J connectivity index is 1.86. The van der Waals surface area contributed by atoms with E-state index in [0.29, 0.717) is 16.9 Å². The number of hydrogen-bond acceptors (Lipinski definition) is 3. The van der Waals surface area contributed by atoms with Gasteiger partial charge in [0.2, 0.25) is 0 Å². The maximum atomic E-state index is 5.56. The summed E-state index contributed by atoms with van der Waals surface area (Å²) in [5, 5.41) is 1.22. The van der Waals surface area contributed by atoms with Gasteiger partial charge in [-0.3, -0.25) is 0 Å². The first-order valence-electron chi connectivity index (χ1n) is 9.01. The fourth-order valence-electron chi connectivity index (χ4n) is 5.47. The van der Waals surface area contributed by atoms with Gasteiger partial charge in [-0.15, -0.1) is 0 Å². The Morgan fingerprint density at radius 2 is 2.00 bits per heavy atom. The minimum absolute atomic E-state index is 0.425. The summed E-state index contributed by atoms with van der Waals surface area (Å²) in [6.07, 6.45) is 3.90. The first-order chi connectivity index (χ1) is 11.3. The van der Waals surface area contributed by atoms with Crippen LogP contribution in [0.4, 0.5) is 5.69 Å². The van der Waals surface area contributed by atoms with Gasteiger partial charge in [0.05, 0.1) is 7.11 Å². The summed E-state index contributed by atoms with van der Waals surface area (Å²) < 4.78 is 5.56. The predicted octanol–water partition coefficient (Wildman–Crippen LogP) is 4.96. The molecule has 2 aliphatic rings. The maximum Gasteiger partial charge on any atom is 0.145 e. The molecule has 2 heterocycles. The second-order valence-corrected chi connectivity index (χ2v) is 8.98. The number of methoxy groups -OCH3 is 1. The molecule has 2 bridgehead atoms. The molecule has 1 saturated heterocycles. The first-order valence-corrected chi connectivity index (χ1v) is 9.01. The second-order valence-electron chi connectivity index (χ2n) is 8.98. The van der Waals surface area contributed by atoms with Crippen molar-refractivity contribution in [2.24, 2.45) is 10.8 Å². The third-order valence-electron chi connectivity index (χ3n) is 5.85. The summed E-state index contributed by atoms with van der Waals surface area (Å²) in [6, 6.07) is 9.17. The smallest absolute Gasteiger partial charge is 0.145 e. The van der Waals surface area contributed by atoms with Crippen LogP contribution in [0.2, 0.25) is 0 Å². The van der Waals surface area contributed by atoms with E-state index >= 15 is 0 Å². The molecule has 1 saturated carbocycles. The van der Waals surface area contributed by atoms with E-state index in [0.717, 1.165) is 23.5 Å². The van der Waals surface area contributed by atoms with Crippen molar-refractivity contribution < 1.29 is 4.74 Å². The fraction of sp³-hybridized carbons (Fsp3) is 0.571. The van der Waals surface area contributed by atoms with Gasteiger partial charge in [-0.2, -0.15) is 0 Å². The number of aryl methyl sites for hydroxylation is 1. The summed E-state index contributed by atoms with van der Waals surface area (Å²) in [4.78, 5) is 7.42. The van der Waals surface area contributed by atoms with Gasteiger partial charge in [0.15, 0.2) is 0 Å². The van der Waals surface area contributed by atoms with Crippen LogP contribution < -0.4 is 9.64 Å². The van der Waals surface area contributed by atoms with E-state index < -0.39 is 0 Å². The van der Waals surface area contributed by atoms with Crippen molar-refractivity contribution in [3.63, 3.8) is 0 Å². The van der Waals surface area contributed by atoms with Gasteiger partial charge >= 0.3 is 0 Å². The lowest BCUT2D eigenvalue weighted by Crippen LogP contribution is -2.34. The van der Waals surface area contributed by atoms with Gasteiger partial charge in [-0.25, -0.2) is 4.98 Å². The molecule has 0 spiro atoms. The lowest BCUT2D eigenvalue weighted by Gasteiger charge is -2.39. The topological polar surface area (TPSA) is 25.4 Å². The summed E-state index contributed by atoms with van der Waals surface area (Å²) in [5.74, 6) is 0.867. The molecule has 2 aromatic rings. The first kappa shape index (κ1) is 15.7.